The normalized spacial score (nSPS) is 11.9. The minimum Gasteiger partial charge on any atom is -0.288 e. The topological polar surface area (TPSA) is 51.2 Å². The van der Waals surface area contributed by atoms with Gasteiger partial charge in [-0.25, -0.2) is 8.42 Å². The van der Waals surface area contributed by atoms with E-state index < -0.39 is 9.84 Å². The molecule has 1 aromatic carbocycles. The van der Waals surface area contributed by atoms with Crippen LogP contribution < -0.4 is 0 Å². The van der Waals surface area contributed by atoms with Crippen molar-refractivity contribution in [1.82, 2.24) is 0 Å². The lowest BCUT2D eigenvalue weighted by molar-refractivity contribution is -0.109. The van der Waals surface area contributed by atoms with Gasteiger partial charge in [0.2, 0.25) is 0 Å². The van der Waals surface area contributed by atoms with Crippen LogP contribution >= 0.6 is 11.8 Å². The number of carbonyl (C=O) groups is 1. The maximum absolute atomic E-state index is 11.3. The van der Waals surface area contributed by atoms with E-state index in [1.807, 2.05) is 18.2 Å². The van der Waals surface area contributed by atoms with Crippen LogP contribution in [0.25, 0.3) is 6.08 Å². The Morgan fingerprint density at radius 2 is 2.12 bits per heavy atom. The van der Waals surface area contributed by atoms with Gasteiger partial charge in [0.1, 0.15) is 0 Å². The average Bonchev–Trinajstić information content (AvgIpc) is 2.23. The van der Waals surface area contributed by atoms with E-state index in [0.29, 0.717) is 10.6 Å². The van der Waals surface area contributed by atoms with Crippen molar-refractivity contribution < 1.29 is 13.2 Å². The zero-order valence-electron chi connectivity index (χ0n) is 9.71. The van der Waals surface area contributed by atoms with Crippen molar-refractivity contribution in [1.29, 1.82) is 0 Å². The molecule has 0 saturated carbocycles. The molecule has 0 aromatic heterocycles. The number of hydrogen-bond acceptors (Lipinski definition) is 4. The molecular formula is C12H14O3S2. The van der Waals surface area contributed by atoms with Gasteiger partial charge in [-0.05, 0) is 17.7 Å². The largest absolute Gasteiger partial charge is 0.288 e. The molecule has 3 nitrogen and oxygen atoms in total. The van der Waals surface area contributed by atoms with Gasteiger partial charge in [0.05, 0.1) is 4.90 Å². The van der Waals surface area contributed by atoms with Crippen molar-refractivity contribution in [2.24, 2.45) is 0 Å². The Morgan fingerprint density at radius 1 is 1.41 bits per heavy atom. The fourth-order valence-electron chi connectivity index (χ4n) is 1.20. The third kappa shape index (κ3) is 5.19. The van der Waals surface area contributed by atoms with Gasteiger partial charge >= 0.3 is 0 Å². The van der Waals surface area contributed by atoms with Gasteiger partial charge in [-0.15, -0.1) is 0 Å². The van der Waals surface area contributed by atoms with E-state index in [9.17, 15) is 13.2 Å². The first-order chi connectivity index (χ1) is 7.89. The zero-order chi connectivity index (χ0) is 12.9. The summed E-state index contributed by atoms with van der Waals surface area (Å²) in [5, 5.41) is 0.0690. The summed E-state index contributed by atoms with van der Waals surface area (Å²) in [4.78, 5) is 11.0. The van der Waals surface area contributed by atoms with Gasteiger partial charge in [0.15, 0.2) is 15.0 Å². The highest BCUT2D eigenvalue weighted by molar-refractivity contribution is 8.13. The van der Waals surface area contributed by atoms with Gasteiger partial charge in [0.25, 0.3) is 0 Å². The first kappa shape index (κ1) is 14.0. The maximum Gasteiger partial charge on any atom is 0.186 e. The van der Waals surface area contributed by atoms with E-state index in [0.717, 1.165) is 5.56 Å². The van der Waals surface area contributed by atoms with Crippen LogP contribution in [0.4, 0.5) is 0 Å². The Balaban J connectivity index is 2.76. The number of thioether (sulfide) groups is 1. The number of benzene rings is 1. The van der Waals surface area contributed by atoms with Gasteiger partial charge in [-0.1, -0.05) is 36.0 Å². The minimum atomic E-state index is -3.16. The SMILES string of the molecule is CC(=O)SCC=Cc1cccc(S(C)(=O)=O)c1. The van der Waals surface area contributed by atoms with Crippen LogP contribution in [-0.4, -0.2) is 25.5 Å². The molecule has 0 amide bonds. The standard InChI is InChI=1S/C12H14O3S2/c1-10(13)16-8-4-6-11-5-3-7-12(9-11)17(2,14)15/h3-7,9H,8H2,1-2H3. The molecule has 0 saturated heterocycles. The lowest BCUT2D eigenvalue weighted by Crippen LogP contribution is -1.96. The second-order valence-electron chi connectivity index (χ2n) is 3.55. The molecule has 0 N–H and O–H groups in total. The fourth-order valence-corrected chi connectivity index (χ4v) is 2.30. The molecule has 0 aliphatic rings. The molecule has 0 radical (unpaired) electrons. The molecule has 1 aromatic rings. The molecule has 1 rings (SSSR count). The molecule has 5 heteroatoms. The summed E-state index contributed by atoms with van der Waals surface area (Å²) in [6.07, 6.45) is 4.83. The number of hydrogen-bond donors (Lipinski definition) is 0. The molecule has 0 atom stereocenters. The molecule has 0 bridgehead atoms. The Kier molecular flexibility index (Phi) is 4.96. The van der Waals surface area contributed by atoms with Crippen molar-refractivity contribution in [2.45, 2.75) is 11.8 Å². The fraction of sp³-hybridized carbons (Fsp3) is 0.250. The summed E-state index contributed by atoms with van der Waals surface area (Å²) >= 11 is 1.22. The maximum atomic E-state index is 11.3. The van der Waals surface area contributed by atoms with Crippen LogP contribution in [0.1, 0.15) is 12.5 Å². The molecule has 0 heterocycles. The Bertz CT molecular complexity index is 530. The number of rotatable bonds is 4. The Labute approximate surface area is 106 Å². The van der Waals surface area contributed by atoms with Gasteiger partial charge < -0.3 is 0 Å². The molecule has 0 fully saturated rings. The van der Waals surface area contributed by atoms with Crippen LogP contribution in [0.2, 0.25) is 0 Å². The van der Waals surface area contributed by atoms with Crippen LogP contribution in [0.15, 0.2) is 35.2 Å². The van der Waals surface area contributed by atoms with E-state index in [1.165, 1.54) is 24.9 Å². The molecule has 0 aliphatic carbocycles. The van der Waals surface area contributed by atoms with Gasteiger partial charge in [-0.3, -0.25) is 4.79 Å². The van der Waals surface area contributed by atoms with Crippen molar-refractivity contribution in [3.63, 3.8) is 0 Å². The number of sulfone groups is 1. The Morgan fingerprint density at radius 3 is 2.71 bits per heavy atom. The monoisotopic (exact) mass is 270 g/mol. The molecule has 0 unspecified atom stereocenters. The predicted molar refractivity (Wildman–Crippen MR) is 71.7 cm³/mol. The van der Waals surface area contributed by atoms with Gasteiger partial charge in [0, 0.05) is 18.9 Å². The quantitative estimate of drug-likeness (QED) is 0.843. The second-order valence-corrected chi connectivity index (χ2v) is 6.76. The predicted octanol–water partition coefficient (Wildman–Crippen LogP) is 2.38. The third-order valence-electron chi connectivity index (χ3n) is 1.98. The average molecular weight is 270 g/mol. The molecule has 92 valence electrons. The summed E-state index contributed by atoms with van der Waals surface area (Å²) in [7, 11) is -3.16. The van der Waals surface area contributed by atoms with Crippen molar-refractivity contribution in [2.75, 3.05) is 12.0 Å². The van der Waals surface area contributed by atoms with E-state index in [4.69, 9.17) is 0 Å². The first-order valence-electron chi connectivity index (χ1n) is 4.99. The Hall–Kier alpha value is -1.07. The summed E-state index contributed by atoms with van der Waals surface area (Å²) in [6, 6.07) is 6.71. The van der Waals surface area contributed by atoms with Crippen LogP contribution in [0.3, 0.4) is 0 Å². The lowest BCUT2D eigenvalue weighted by atomic mass is 10.2. The highest BCUT2D eigenvalue weighted by atomic mass is 32.2. The first-order valence-corrected chi connectivity index (χ1v) is 7.87. The highest BCUT2D eigenvalue weighted by Gasteiger charge is 2.05. The van der Waals surface area contributed by atoms with Crippen LogP contribution in [0.5, 0.6) is 0 Å². The van der Waals surface area contributed by atoms with E-state index in [-0.39, 0.29) is 5.12 Å². The van der Waals surface area contributed by atoms with E-state index in [1.54, 1.807) is 18.2 Å². The van der Waals surface area contributed by atoms with E-state index in [2.05, 4.69) is 0 Å². The number of carbonyl (C=O) groups excluding carboxylic acids is 1. The summed E-state index contributed by atoms with van der Waals surface area (Å²) in [5.74, 6) is 0.596. The van der Waals surface area contributed by atoms with Crippen molar-refractivity contribution in [3.8, 4) is 0 Å². The molecule has 0 spiro atoms. The molecule has 17 heavy (non-hydrogen) atoms. The zero-order valence-corrected chi connectivity index (χ0v) is 11.3. The van der Waals surface area contributed by atoms with Crippen LogP contribution in [0, 0.1) is 0 Å². The molecular weight excluding hydrogens is 256 g/mol. The summed E-state index contributed by atoms with van der Waals surface area (Å²) < 4.78 is 22.7. The van der Waals surface area contributed by atoms with E-state index >= 15 is 0 Å². The van der Waals surface area contributed by atoms with Crippen molar-refractivity contribution in [3.05, 3.63) is 35.9 Å². The van der Waals surface area contributed by atoms with Gasteiger partial charge in [-0.2, -0.15) is 0 Å². The highest BCUT2D eigenvalue weighted by Crippen LogP contribution is 2.13. The minimum absolute atomic E-state index is 0.0690. The third-order valence-corrected chi connectivity index (χ3v) is 3.86. The van der Waals surface area contributed by atoms with Crippen molar-refractivity contribution >= 4 is 32.8 Å². The summed E-state index contributed by atoms with van der Waals surface area (Å²) in [6.45, 7) is 1.52. The van der Waals surface area contributed by atoms with Crippen LogP contribution in [-0.2, 0) is 14.6 Å². The smallest absolute Gasteiger partial charge is 0.186 e. The summed E-state index contributed by atoms with van der Waals surface area (Å²) in [5.41, 5.74) is 0.817. The molecule has 0 aliphatic heterocycles. The lowest BCUT2D eigenvalue weighted by Gasteiger charge is -1.99. The second kappa shape index (κ2) is 6.02.